The van der Waals surface area contributed by atoms with Gasteiger partial charge < -0.3 is 18.8 Å². The Hall–Kier alpha value is -2.32. The molecule has 0 saturated carbocycles. The predicted molar refractivity (Wildman–Crippen MR) is 124 cm³/mol. The van der Waals surface area contributed by atoms with Crippen molar-refractivity contribution in [1.82, 2.24) is 4.90 Å². The molecule has 2 heterocycles. The lowest BCUT2D eigenvalue weighted by Gasteiger charge is -2.24. The smallest absolute Gasteiger partial charge is 0.197 e. The average molecular weight is 503 g/mol. The second-order valence-corrected chi connectivity index (χ2v) is 8.22. The van der Waals surface area contributed by atoms with Gasteiger partial charge in [-0.05, 0) is 47.7 Å². The Morgan fingerprint density at radius 2 is 1.86 bits per heavy atom. The molecule has 150 valence electrons. The first kappa shape index (κ1) is 20.0. The number of likely N-dealkylation sites (N-methyl/N-ethyl adjacent to an activating group) is 1. The first-order chi connectivity index (χ1) is 14.0. The Morgan fingerprint density at radius 1 is 1.10 bits per heavy atom. The molecule has 0 saturated heterocycles. The van der Waals surface area contributed by atoms with Crippen molar-refractivity contribution in [3.63, 3.8) is 0 Å². The van der Waals surface area contributed by atoms with E-state index in [0.717, 1.165) is 39.8 Å². The van der Waals surface area contributed by atoms with Gasteiger partial charge in [0.15, 0.2) is 11.0 Å². The van der Waals surface area contributed by atoms with E-state index in [4.69, 9.17) is 13.9 Å². The molecular weight excluding hydrogens is 481 g/mol. The molecule has 0 amide bonds. The van der Waals surface area contributed by atoms with Gasteiger partial charge in [-0.25, -0.2) is 0 Å². The third-order valence-corrected chi connectivity index (χ3v) is 6.18. The minimum atomic E-state index is -0.129. The number of hydrogen-bond donors (Lipinski definition) is 0. The molecule has 0 spiro atoms. The molecule has 3 aromatic rings. The Bertz CT molecular complexity index is 1170. The largest absolute Gasteiger partial charge is 0.496 e. The summed E-state index contributed by atoms with van der Waals surface area (Å²) in [5, 5.41) is 0.442. The van der Waals surface area contributed by atoms with Gasteiger partial charge in [-0.1, -0.05) is 24.3 Å². The van der Waals surface area contributed by atoms with E-state index >= 15 is 0 Å². The normalized spacial score (nSPS) is 14.7. The molecule has 1 aliphatic rings. The lowest BCUT2D eigenvalue weighted by atomic mass is 9.95. The summed E-state index contributed by atoms with van der Waals surface area (Å²) in [6, 6.07) is 11.2. The molecular formula is C23H22INO4. The number of rotatable bonds is 4. The lowest BCUT2D eigenvalue weighted by Crippen LogP contribution is -2.24. The molecule has 1 aliphatic heterocycles. The highest BCUT2D eigenvalue weighted by Gasteiger charge is 2.24. The molecule has 6 heteroatoms. The van der Waals surface area contributed by atoms with Crippen LogP contribution in [0, 0.1) is 3.57 Å². The summed E-state index contributed by atoms with van der Waals surface area (Å²) in [4.78, 5) is 15.4. The molecule has 0 radical (unpaired) electrons. The Balaban J connectivity index is 2.07. The highest BCUT2D eigenvalue weighted by atomic mass is 127. The predicted octanol–water partition coefficient (Wildman–Crippen LogP) is 4.80. The van der Waals surface area contributed by atoms with Crippen LogP contribution < -0.4 is 14.9 Å². The minimum Gasteiger partial charge on any atom is -0.496 e. The van der Waals surface area contributed by atoms with Crippen LogP contribution in [-0.4, -0.2) is 39.3 Å². The summed E-state index contributed by atoms with van der Waals surface area (Å²) in [5.41, 5.74) is 3.23. The van der Waals surface area contributed by atoms with Crippen molar-refractivity contribution < 1.29 is 13.9 Å². The lowest BCUT2D eigenvalue weighted by molar-refractivity contribution is 0.368. The van der Waals surface area contributed by atoms with E-state index in [2.05, 4.69) is 40.6 Å². The van der Waals surface area contributed by atoms with Crippen molar-refractivity contribution in [3.8, 4) is 22.8 Å². The number of benzene rings is 2. The van der Waals surface area contributed by atoms with Crippen molar-refractivity contribution in [2.45, 2.75) is 6.42 Å². The van der Waals surface area contributed by atoms with Gasteiger partial charge in [0.1, 0.15) is 22.6 Å². The highest BCUT2D eigenvalue weighted by molar-refractivity contribution is 14.1. The summed E-state index contributed by atoms with van der Waals surface area (Å²) in [5.74, 6) is 1.64. The standard InChI is InChI=1S/C23H22INO4/c1-25-10-8-14(9-11-25)21-19(27-2)13-20(28-3)22-17(26)12-18(29-23(21)22)15-6-4-5-7-16(15)24/h4-8,12-13H,9-11H2,1-3H3. The molecule has 0 unspecified atom stereocenters. The maximum Gasteiger partial charge on any atom is 0.197 e. The summed E-state index contributed by atoms with van der Waals surface area (Å²) in [6.07, 6.45) is 3.03. The van der Waals surface area contributed by atoms with Crippen molar-refractivity contribution in [2.24, 2.45) is 0 Å². The topological polar surface area (TPSA) is 51.9 Å². The Kier molecular flexibility index (Phi) is 5.65. The van der Waals surface area contributed by atoms with Crippen LogP contribution in [0.2, 0.25) is 0 Å². The van der Waals surface area contributed by atoms with Crippen LogP contribution >= 0.6 is 22.6 Å². The van der Waals surface area contributed by atoms with E-state index in [0.29, 0.717) is 28.2 Å². The molecule has 5 nitrogen and oxygen atoms in total. The van der Waals surface area contributed by atoms with Gasteiger partial charge >= 0.3 is 0 Å². The number of fused-ring (bicyclic) bond motifs is 1. The Morgan fingerprint density at radius 3 is 2.52 bits per heavy atom. The van der Waals surface area contributed by atoms with Crippen molar-refractivity contribution in [1.29, 1.82) is 0 Å². The molecule has 0 N–H and O–H groups in total. The van der Waals surface area contributed by atoms with E-state index in [1.807, 2.05) is 24.3 Å². The SMILES string of the molecule is COc1cc(OC)c2c(=O)cc(-c3ccccc3I)oc2c1C1=CCN(C)CC1. The van der Waals surface area contributed by atoms with E-state index in [1.165, 1.54) is 0 Å². The van der Waals surface area contributed by atoms with E-state index < -0.39 is 0 Å². The molecule has 2 aromatic carbocycles. The monoisotopic (exact) mass is 503 g/mol. The third kappa shape index (κ3) is 3.67. The van der Waals surface area contributed by atoms with Crippen LogP contribution in [0.5, 0.6) is 11.5 Å². The fraction of sp³-hybridized carbons (Fsp3) is 0.261. The summed E-state index contributed by atoms with van der Waals surface area (Å²) >= 11 is 2.25. The van der Waals surface area contributed by atoms with E-state index in [1.54, 1.807) is 26.4 Å². The van der Waals surface area contributed by atoms with Gasteiger partial charge in [-0.3, -0.25) is 4.79 Å². The molecule has 0 aliphatic carbocycles. The Labute approximate surface area is 183 Å². The molecule has 4 rings (SSSR count). The van der Waals surface area contributed by atoms with Gasteiger partial charge in [0.05, 0.1) is 19.8 Å². The molecule has 0 bridgehead atoms. The second kappa shape index (κ2) is 8.20. The van der Waals surface area contributed by atoms with Crippen LogP contribution in [0.25, 0.3) is 27.9 Å². The number of nitrogens with zero attached hydrogens (tertiary/aromatic N) is 1. The fourth-order valence-corrected chi connectivity index (χ4v) is 4.35. The number of hydrogen-bond acceptors (Lipinski definition) is 5. The van der Waals surface area contributed by atoms with Crippen LogP contribution in [0.3, 0.4) is 0 Å². The zero-order valence-corrected chi connectivity index (χ0v) is 18.8. The molecule has 29 heavy (non-hydrogen) atoms. The molecule has 0 atom stereocenters. The second-order valence-electron chi connectivity index (χ2n) is 7.06. The summed E-state index contributed by atoms with van der Waals surface area (Å²) < 4.78 is 18.6. The van der Waals surface area contributed by atoms with Crippen LogP contribution in [0.1, 0.15) is 12.0 Å². The third-order valence-electron chi connectivity index (χ3n) is 5.24. The molecule has 1 aromatic heterocycles. The maximum absolute atomic E-state index is 13.1. The first-order valence-corrected chi connectivity index (χ1v) is 10.5. The van der Waals surface area contributed by atoms with Gasteiger partial charge in [0.2, 0.25) is 0 Å². The fourth-order valence-electron chi connectivity index (χ4n) is 3.70. The summed E-state index contributed by atoms with van der Waals surface area (Å²) in [6.45, 7) is 1.77. The first-order valence-electron chi connectivity index (χ1n) is 9.39. The number of methoxy groups -OCH3 is 2. The quantitative estimate of drug-likeness (QED) is 0.479. The maximum atomic E-state index is 13.1. The van der Waals surface area contributed by atoms with Crippen molar-refractivity contribution in [3.05, 3.63) is 61.8 Å². The number of halogens is 1. The van der Waals surface area contributed by atoms with Crippen molar-refractivity contribution in [2.75, 3.05) is 34.4 Å². The van der Waals surface area contributed by atoms with Crippen LogP contribution in [0.15, 0.2) is 51.7 Å². The highest BCUT2D eigenvalue weighted by Crippen LogP contribution is 2.41. The summed E-state index contributed by atoms with van der Waals surface area (Å²) in [7, 11) is 5.27. The number of ether oxygens (including phenoxy) is 2. The van der Waals surface area contributed by atoms with E-state index in [-0.39, 0.29) is 5.43 Å². The van der Waals surface area contributed by atoms with Crippen molar-refractivity contribution >= 4 is 39.1 Å². The van der Waals surface area contributed by atoms with Gasteiger partial charge in [0.25, 0.3) is 0 Å². The minimum absolute atomic E-state index is 0.129. The van der Waals surface area contributed by atoms with Crippen LogP contribution in [0.4, 0.5) is 0 Å². The molecule has 0 fully saturated rings. The van der Waals surface area contributed by atoms with Crippen LogP contribution in [-0.2, 0) is 0 Å². The van der Waals surface area contributed by atoms with Gasteiger partial charge in [-0.2, -0.15) is 0 Å². The zero-order valence-electron chi connectivity index (χ0n) is 16.6. The zero-order chi connectivity index (χ0) is 20.5. The van der Waals surface area contributed by atoms with Gasteiger partial charge in [0, 0.05) is 34.4 Å². The van der Waals surface area contributed by atoms with E-state index in [9.17, 15) is 4.79 Å². The average Bonchev–Trinajstić information content (AvgIpc) is 2.73. The van der Waals surface area contributed by atoms with Gasteiger partial charge in [-0.15, -0.1) is 0 Å².